The Morgan fingerprint density at radius 3 is 2.72 bits per heavy atom. The van der Waals surface area contributed by atoms with Crippen molar-refractivity contribution in [1.82, 2.24) is 15.5 Å². The summed E-state index contributed by atoms with van der Waals surface area (Å²) in [5.74, 6) is 0.224. The minimum absolute atomic E-state index is 0.350. The number of piperidine rings is 1. The summed E-state index contributed by atoms with van der Waals surface area (Å²) in [6.07, 6.45) is 5.46. The fourth-order valence-electron chi connectivity index (χ4n) is 3.46. The van der Waals surface area contributed by atoms with Gasteiger partial charge in [-0.25, -0.2) is 8.78 Å². The molecule has 2 N–H and O–H groups in total. The second kappa shape index (κ2) is 11.0. The molecule has 1 aromatic heterocycles. The third-order valence-corrected chi connectivity index (χ3v) is 5.06. The molecule has 29 heavy (non-hydrogen) atoms. The number of furan rings is 1. The predicted octanol–water partition coefficient (Wildman–Crippen LogP) is 3.71. The number of benzene rings is 1. The Hall–Kier alpha value is -2.41. The molecule has 0 bridgehead atoms. The highest BCUT2D eigenvalue weighted by atomic mass is 19.2. The molecule has 0 spiro atoms. The van der Waals surface area contributed by atoms with E-state index in [9.17, 15) is 8.78 Å². The number of aliphatic imine (C=N–C) groups is 1. The monoisotopic (exact) mass is 404 g/mol. The van der Waals surface area contributed by atoms with Crippen molar-refractivity contribution < 1.29 is 13.2 Å². The first-order valence-electron chi connectivity index (χ1n) is 10.4. The zero-order valence-electron chi connectivity index (χ0n) is 17.0. The van der Waals surface area contributed by atoms with Crippen LogP contribution >= 0.6 is 0 Å². The summed E-state index contributed by atoms with van der Waals surface area (Å²) in [7, 11) is 0. The van der Waals surface area contributed by atoms with E-state index < -0.39 is 11.6 Å². The molecule has 158 valence electrons. The first kappa shape index (κ1) is 21.3. The lowest BCUT2D eigenvalue weighted by atomic mass is 10.0. The highest BCUT2D eigenvalue weighted by molar-refractivity contribution is 5.80. The van der Waals surface area contributed by atoms with E-state index >= 15 is 0 Å². The Morgan fingerprint density at radius 1 is 1.21 bits per heavy atom. The smallest absolute Gasteiger partial charge is 0.191 e. The molecule has 5 nitrogen and oxygen atoms in total. The van der Waals surface area contributed by atoms with Gasteiger partial charge in [0.15, 0.2) is 17.6 Å². The highest BCUT2D eigenvalue weighted by Gasteiger charge is 2.20. The quantitative estimate of drug-likeness (QED) is 0.520. The van der Waals surface area contributed by atoms with Gasteiger partial charge in [-0.05, 0) is 49.1 Å². The molecule has 2 aromatic rings. The molecule has 0 unspecified atom stereocenters. The lowest BCUT2D eigenvalue weighted by Gasteiger charge is -2.33. The van der Waals surface area contributed by atoms with Crippen molar-refractivity contribution in [2.45, 2.75) is 45.2 Å². The van der Waals surface area contributed by atoms with Gasteiger partial charge in [0.2, 0.25) is 0 Å². The van der Waals surface area contributed by atoms with E-state index in [0.29, 0.717) is 12.6 Å². The van der Waals surface area contributed by atoms with E-state index in [1.807, 2.05) is 12.1 Å². The van der Waals surface area contributed by atoms with Crippen molar-refractivity contribution in [2.24, 2.45) is 4.99 Å². The van der Waals surface area contributed by atoms with Crippen LogP contribution in [0.25, 0.3) is 0 Å². The third-order valence-electron chi connectivity index (χ3n) is 5.06. The Bertz CT molecular complexity index is 771. The van der Waals surface area contributed by atoms with E-state index in [1.54, 1.807) is 12.3 Å². The van der Waals surface area contributed by atoms with Gasteiger partial charge in [0.1, 0.15) is 5.76 Å². The van der Waals surface area contributed by atoms with Crippen molar-refractivity contribution in [2.75, 3.05) is 26.2 Å². The van der Waals surface area contributed by atoms with Crippen LogP contribution in [0.2, 0.25) is 0 Å². The van der Waals surface area contributed by atoms with E-state index in [0.717, 1.165) is 69.1 Å². The number of likely N-dealkylation sites (tertiary alicyclic amines) is 1. The molecule has 0 aliphatic carbocycles. The van der Waals surface area contributed by atoms with Crippen LogP contribution in [0.3, 0.4) is 0 Å². The van der Waals surface area contributed by atoms with Crippen LogP contribution in [0, 0.1) is 11.6 Å². The number of hydrogen-bond acceptors (Lipinski definition) is 3. The Kier molecular flexibility index (Phi) is 8.04. The van der Waals surface area contributed by atoms with Gasteiger partial charge in [0.05, 0.1) is 6.26 Å². The van der Waals surface area contributed by atoms with Gasteiger partial charge in [0.25, 0.3) is 0 Å². The van der Waals surface area contributed by atoms with Gasteiger partial charge in [-0.2, -0.15) is 0 Å². The molecule has 0 amide bonds. The summed E-state index contributed by atoms with van der Waals surface area (Å²) in [6.45, 7) is 6.11. The van der Waals surface area contributed by atoms with E-state index in [2.05, 4.69) is 27.4 Å². The summed E-state index contributed by atoms with van der Waals surface area (Å²) < 4.78 is 31.9. The van der Waals surface area contributed by atoms with Crippen molar-refractivity contribution in [1.29, 1.82) is 0 Å². The summed E-state index contributed by atoms with van der Waals surface area (Å²) >= 11 is 0. The zero-order chi connectivity index (χ0) is 20.5. The predicted molar refractivity (Wildman–Crippen MR) is 111 cm³/mol. The summed E-state index contributed by atoms with van der Waals surface area (Å²) in [6, 6.07) is 8.36. The maximum absolute atomic E-state index is 13.4. The molecular formula is C22H30F2N4O. The van der Waals surface area contributed by atoms with Crippen LogP contribution in [0.5, 0.6) is 0 Å². The van der Waals surface area contributed by atoms with Crippen LogP contribution < -0.4 is 10.6 Å². The maximum Gasteiger partial charge on any atom is 0.191 e. The van der Waals surface area contributed by atoms with Gasteiger partial charge in [-0.3, -0.25) is 9.89 Å². The number of guanidine groups is 1. The number of nitrogens with zero attached hydrogens (tertiary/aromatic N) is 2. The molecule has 2 heterocycles. The lowest BCUT2D eigenvalue weighted by molar-refractivity contribution is 0.198. The number of nitrogens with one attached hydrogen (secondary N) is 2. The van der Waals surface area contributed by atoms with Crippen LogP contribution in [-0.4, -0.2) is 43.1 Å². The van der Waals surface area contributed by atoms with Gasteiger partial charge in [-0.15, -0.1) is 0 Å². The molecule has 1 aliphatic rings. The summed E-state index contributed by atoms with van der Waals surface area (Å²) in [4.78, 5) is 6.91. The van der Waals surface area contributed by atoms with Crippen LogP contribution in [0.4, 0.5) is 8.78 Å². The maximum atomic E-state index is 13.4. The van der Waals surface area contributed by atoms with Crippen molar-refractivity contribution in [3.8, 4) is 0 Å². The molecule has 0 atom stereocenters. The number of rotatable bonds is 8. The molecule has 1 fully saturated rings. The third kappa shape index (κ3) is 6.85. The molecular weight excluding hydrogens is 374 g/mol. The van der Waals surface area contributed by atoms with Crippen molar-refractivity contribution >= 4 is 5.96 Å². The van der Waals surface area contributed by atoms with Gasteiger partial charge >= 0.3 is 0 Å². The fourth-order valence-corrected chi connectivity index (χ4v) is 3.46. The van der Waals surface area contributed by atoms with E-state index in [1.165, 1.54) is 12.1 Å². The number of hydrogen-bond donors (Lipinski definition) is 2. The fraction of sp³-hybridized carbons (Fsp3) is 0.500. The highest BCUT2D eigenvalue weighted by Crippen LogP contribution is 2.16. The lowest BCUT2D eigenvalue weighted by Crippen LogP contribution is -2.49. The average molecular weight is 405 g/mol. The molecule has 7 heteroatoms. The standard InChI is InChI=1S/C22H30F2N4O/c1-2-10-25-22(26-11-7-19-4-3-14-29-19)27-18-8-12-28(13-9-18)16-17-5-6-20(23)21(24)15-17/h3-6,14-15,18H,2,7-13,16H2,1H3,(H2,25,26,27). The first-order chi connectivity index (χ1) is 14.1. The molecule has 1 aliphatic heterocycles. The molecule has 1 aromatic carbocycles. The van der Waals surface area contributed by atoms with Crippen LogP contribution in [-0.2, 0) is 13.0 Å². The average Bonchev–Trinajstić information content (AvgIpc) is 3.24. The first-order valence-corrected chi connectivity index (χ1v) is 10.4. The zero-order valence-corrected chi connectivity index (χ0v) is 17.0. The minimum Gasteiger partial charge on any atom is -0.469 e. The van der Waals surface area contributed by atoms with E-state index in [-0.39, 0.29) is 0 Å². The molecule has 0 radical (unpaired) electrons. The normalized spacial score (nSPS) is 16.2. The van der Waals surface area contributed by atoms with Crippen molar-refractivity contribution in [3.05, 3.63) is 59.6 Å². The van der Waals surface area contributed by atoms with Crippen LogP contribution in [0.1, 0.15) is 37.5 Å². The molecule has 3 rings (SSSR count). The largest absolute Gasteiger partial charge is 0.469 e. The summed E-state index contributed by atoms with van der Waals surface area (Å²) in [5, 5.41) is 6.93. The van der Waals surface area contributed by atoms with Gasteiger partial charge in [0, 0.05) is 45.2 Å². The Balaban J connectivity index is 1.44. The Labute approximate surface area is 171 Å². The van der Waals surface area contributed by atoms with E-state index in [4.69, 9.17) is 4.42 Å². The molecule has 1 saturated heterocycles. The second-order valence-electron chi connectivity index (χ2n) is 7.43. The van der Waals surface area contributed by atoms with Crippen LogP contribution in [0.15, 0.2) is 46.0 Å². The number of halogens is 2. The van der Waals surface area contributed by atoms with Gasteiger partial charge < -0.3 is 15.1 Å². The van der Waals surface area contributed by atoms with Gasteiger partial charge in [-0.1, -0.05) is 13.0 Å². The molecule has 0 saturated carbocycles. The SMILES string of the molecule is CCCN=C(NCCc1ccco1)NC1CCN(Cc2ccc(F)c(F)c2)CC1. The Morgan fingerprint density at radius 2 is 2.03 bits per heavy atom. The van der Waals surface area contributed by atoms with Crippen molar-refractivity contribution in [3.63, 3.8) is 0 Å². The second-order valence-corrected chi connectivity index (χ2v) is 7.43. The topological polar surface area (TPSA) is 52.8 Å². The minimum atomic E-state index is -0.796. The summed E-state index contributed by atoms with van der Waals surface area (Å²) in [5.41, 5.74) is 0.806.